The summed E-state index contributed by atoms with van der Waals surface area (Å²) in [6.07, 6.45) is 2.90. The number of esters is 1. The van der Waals surface area contributed by atoms with Crippen LogP contribution in [0.2, 0.25) is 0 Å². The first-order chi connectivity index (χ1) is 9.56. The molecule has 0 unspecified atom stereocenters. The Morgan fingerprint density at radius 2 is 2.10 bits per heavy atom. The van der Waals surface area contributed by atoms with E-state index in [2.05, 4.69) is 0 Å². The third-order valence-electron chi connectivity index (χ3n) is 3.81. The molecule has 5 heteroatoms. The Balaban J connectivity index is 2.27. The largest absolute Gasteiger partial charge is 0.461 e. The first-order valence-electron chi connectivity index (χ1n) is 6.76. The minimum Gasteiger partial charge on any atom is -0.461 e. The Hall–Kier alpha value is -2.17. The van der Waals surface area contributed by atoms with Gasteiger partial charge in [0.2, 0.25) is 0 Å². The van der Waals surface area contributed by atoms with Crippen molar-refractivity contribution in [2.75, 3.05) is 6.61 Å². The monoisotopic (exact) mass is 273 g/mol. The molecule has 20 heavy (non-hydrogen) atoms. The lowest BCUT2D eigenvalue weighted by molar-refractivity contribution is 0.0511. The summed E-state index contributed by atoms with van der Waals surface area (Å²) in [6, 6.07) is 0. The Labute approximate surface area is 116 Å². The number of Topliss-reactive ketones (excluding diaryl/α,β-unsaturated/α-hetero) is 1. The minimum absolute atomic E-state index is 0.152. The van der Waals surface area contributed by atoms with E-state index in [1.54, 1.807) is 18.4 Å². The molecule has 1 aliphatic heterocycles. The van der Waals surface area contributed by atoms with Gasteiger partial charge in [0.05, 0.1) is 17.7 Å². The van der Waals surface area contributed by atoms with E-state index in [9.17, 15) is 14.4 Å². The third kappa shape index (κ3) is 1.59. The molecule has 2 heterocycles. The number of hydrogen-bond acceptors (Lipinski definition) is 4. The number of carbonyl (C=O) groups excluding carboxylic acids is 3. The van der Waals surface area contributed by atoms with Gasteiger partial charge >= 0.3 is 5.97 Å². The lowest BCUT2D eigenvalue weighted by atomic mass is 9.89. The number of allylic oxidation sites excluding steroid dienone is 2. The molecular formula is C15H15NO4. The Bertz CT molecular complexity index is 679. The molecule has 0 fully saturated rings. The molecule has 0 N–H and O–H groups in total. The predicted molar refractivity (Wildman–Crippen MR) is 71.1 cm³/mol. The number of aromatic nitrogens is 1. The topological polar surface area (TPSA) is 65.4 Å². The van der Waals surface area contributed by atoms with Crippen LogP contribution in [-0.4, -0.2) is 28.7 Å². The van der Waals surface area contributed by atoms with E-state index in [1.807, 2.05) is 0 Å². The van der Waals surface area contributed by atoms with Crippen LogP contribution in [0.25, 0.3) is 0 Å². The standard InChI is InChI=1S/C15H15NO4/c1-3-20-15(19)13-12-10(17)7-8(2)14(18)11(12)9-5-4-6-16(9)13/h7H,3-6H2,1-2H3. The molecule has 0 radical (unpaired) electrons. The van der Waals surface area contributed by atoms with Crippen molar-refractivity contribution in [3.05, 3.63) is 34.2 Å². The van der Waals surface area contributed by atoms with Crippen LogP contribution in [0.5, 0.6) is 0 Å². The van der Waals surface area contributed by atoms with Crippen LogP contribution in [0.3, 0.4) is 0 Å². The average Bonchev–Trinajstić information content (AvgIpc) is 2.95. The zero-order chi connectivity index (χ0) is 14.4. The van der Waals surface area contributed by atoms with Crippen molar-refractivity contribution in [3.8, 4) is 0 Å². The molecule has 1 aromatic heterocycles. The van der Waals surface area contributed by atoms with E-state index in [-0.39, 0.29) is 29.4 Å². The van der Waals surface area contributed by atoms with Gasteiger partial charge < -0.3 is 9.30 Å². The Morgan fingerprint density at radius 1 is 1.35 bits per heavy atom. The van der Waals surface area contributed by atoms with Crippen molar-refractivity contribution in [2.45, 2.75) is 33.2 Å². The lowest BCUT2D eigenvalue weighted by Gasteiger charge is -2.11. The fraction of sp³-hybridized carbons (Fsp3) is 0.400. The molecule has 1 aromatic rings. The van der Waals surface area contributed by atoms with E-state index in [0.29, 0.717) is 24.1 Å². The summed E-state index contributed by atoms with van der Waals surface area (Å²) in [5.74, 6) is -0.950. The quantitative estimate of drug-likeness (QED) is 0.772. The number of fused-ring (bicyclic) bond motifs is 3. The van der Waals surface area contributed by atoms with Crippen LogP contribution in [0, 0.1) is 0 Å². The number of rotatable bonds is 2. The maximum Gasteiger partial charge on any atom is 0.355 e. The summed E-state index contributed by atoms with van der Waals surface area (Å²) in [5.41, 5.74) is 2.12. The van der Waals surface area contributed by atoms with Gasteiger partial charge in [-0.05, 0) is 32.8 Å². The van der Waals surface area contributed by atoms with E-state index >= 15 is 0 Å². The van der Waals surface area contributed by atoms with Gasteiger partial charge in [-0.2, -0.15) is 0 Å². The van der Waals surface area contributed by atoms with E-state index < -0.39 is 5.97 Å². The summed E-state index contributed by atoms with van der Waals surface area (Å²) in [7, 11) is 0. The fourth-order valence-corrected chi connectivity index (χ4v) is 3.01. The summed E-state index contributed by atoms with van der Waals surface area (Å²) in [6.45, 7) is 4.24. The van der Waals surface area contributed by atoms with Crippen LogP contribution in [-0.2, 0) is 17.7 Å². The minimum atomic E-state index is -0.522. The molecule has 0 saturated carbocycles. The maximum atomic E-state index is 12.3. The van der Waals surface area contributed by atoms with Gasteiger partial charge in [-0.1, -0.05) is 0 Å². The van der Waals surface area contributed by atoms with Crippen LogP contribution in [0.1, 0.15) is 57.2 Å². The van der Waals surface area contributed by atoms with Gasteiger partial charge in [-0.15, -0.1) is 0 Å². The molecule has 0 amide bonds. The Morgan fingerprint density at radius 3 is 2.80 bits per heavy atom. The normalized spacial score (nSPS) is 16.8. The molecule has 0 spiro atoms. The summed E-state index contributed by atoms with van der Waals surface area (Å²) < 4.78 is 6.83. The smallest absolute Gasteiger partial charge is 0.355 e. The lowest BCUT2D eigenvalue weighted by Crippen LogP contribution is -2.19. The first-order valence-corrected chi connectivity index (χ1v) is 6.76. The summed E-state index contributed by atoms with van der Waals surface area (Å²) in [4.78, 5) is 36.7. The molecule has 5 nitrogen and oxygen atoms in total. The number of carbonyl (C=O) groups is 3. The van der Waals surface area contributed by atoms with Crippen molar-refractivity contribution >= 4 is 17.5 Å². The summed E-state index contributed by atoms with van der Waals surface area (Å²) in [5, 5.41) is 0. The van der Waals surface area contributed by atoms with E-state index in [1.165, 1.54) is 6.08 Å². The number of hydrogen-bond donors (Lipinski definition) is 0. The van der Waals surface area contributed by atoms with E-state index in [4.69, 9.17) is 4.74 Å². The fourth-order valence-electron chi connectivity index (χ4n) is 3.01. The third-order valence-corrected chi connectivity index (χ3v) is 3.81. The number of ether oxygens (including phenoxy) is 1. The second kappa shape index (κ2) is 4.44. The van der Waals surface area contributed by atoms with Gasteiger partial charge in [0, 0.05) is 17.8 Å². The number of ketones is 2. The number of nitrogens with zero attached hydrogens (tertiary/aromatic N) is 1. The molecule has 0 saturated heterocycles. The van der Waals surface area contributed by atoms with Gasteiger partial charge in [0.1, 0.15) is 5.69 Å². The zero-order valence-electron chi connectivity index (χ0n) is 11.5. The second-order valence-corrected chi connectivity index (χ2v) is 5.04. The van der Waals surface area contributed by atoms with Gasteiger partial charge in [0.15, 0.2) is 11.6 Å². The maximum absolute atomic E-state index is 12.3. The predicted octanol–water partition coefficient (Wildman–Crippen LogP) is 1.94. The first kappa shape index (κ1) is 12.8. The molecule has 104 valence electrons. The molecule has 0 aromatic carbocycles. The molecule has 2 aliphatic rings. The van der Waals surface area contributed by atoms with Crippen LogP contribution < -0.4 is 0 Å². The molecule has 1 aliphatic carbocycles. The molecule has 0 atom stereocenters. The van der Waals surface area contributed by atoms with Crippen molar-refractivity contribution in [2.24, 2.45) is 0 Å². The summed E-state index contributed by atoms with van der Waals surface area (Å²) >= 11 is 0. The highest BCUT2D eigenvalue weighted by Gasteiger charge is 2.38. The SMILES string of the molecule is CCOC(=O)c1c2c(c3n1CCC3)C(=O)C(C)=CC2=O. The Kier molecular flexibility index (Phi) is 2.85. The molecule has 3 rings (SSSR count). The highest BCUT2D eigenvalue weighted by atomic mass is 16.5. The average molecular weight is 273 g/mol. The molecule has 0 bridgehead atoms. The van der Waals surface area contributed by atoms with Gasteiger partial charge in [-0.3, -0.25) is 9.59 Å². The second-order valence-electron chi connectivity index (χ2n) is 5.04. The highest BCUT2D eigenvalue weighted by molar-refractivity contribution is 6.27. The highest BCUT2D eigenvalue weighted by Crippen LogP contribution is 2.34. The molecular weight excluding hydrogens is 258 g/mol. The van der Waals surface area contributed by atoms with Crippen molar-refractivity contribution in [1.82, 2.24) is 4.57 Å². The van der Waals surface area contributed by atoms with Crippen molar-refractivity contribution in [1.29, 1.82) is 0 Å². The van der Waals surface area contributed by atoms with Gasteiger partial charge in [0.25, 0.3) is 0 Å². The van der Waals surface area contributed by atoms with Crippen LogP contribution >= 0.6 is 0 Å². The zero-order valence-corrected chi connectivity index (χ0v) is 11.5. The van der Waals surface area contributed by atoms with Crippen LogP contribution in [0.4, 0.5) is 0 Å². The van der Waals surface area contributed by atoms with Crippen molar-refractivity contribution in [3.63, 3.8) is 0 Å². The van der Waals surface area contributed by atoms with Crippen molar-refractivity contribution < 1.29 is 19.1 Å². The van der Waals surface area contributed by atoms with E-state index in [0.717, 1.165) is 12.1 Å². The van der Waals surface area contributed by atoms with Crippen LogP contribution in [0.15, 0.2) is 11.6 Å². The van der Waals surface area contributed by atoms with Gasteiger partial charge in [-0.25, -0.2) is 4.79 Å².